The summed E-state index contributed by atoms with van der Waals surface area (Å²) in [5.41, 5.74) is 3.47. The van der Waals surface area contributed by atoms with Crippen molar-refractivity contribution < 1.29 is 14.3 Å². The van der Waals surface area contributed by atoms with Gasteiger partial charge in [-0.2, -0.15) is 0 Å². The van der Waals surface area contributed by atoms with E-state index in [1.54, 1.807) is 7.11 Å². The van der Waals surface area contributed by atoms with Crippen molar-refractivity contribution in [2.24, 2.45) is 5.92 Å². The molecule has 31 heavy (non-hydrogen) atoms. The molecule has 0 radical (unpaired) electrons. The van der Waals surface area contributed by atoms with E-state index in [9.17, 15) is 9.59 Å². The minimum atomic E-state index is 0.00825. The number of hydrogen-bond acceptors (Lipinski definition) is 3. The number of methoxy groups -OCH3 is 1. The monoisotopic (exact) mass is 419 g/mol. The first-order valence-corrected chi connectivity index (χ1v) is 10.8. The van der Waals surface area contributed by atoms with Gasteiger partial charge in [-0.1, -0.05) is 6.07 Å². The number of likely N-dealkylation sites (tertiary alicyclic amines) is 1. The van der Waals surface area contributed by atoms with E-state index in [2.05, 4.69) is 10.3 Å². The van der Waals surface area contributed by atoms with Gasteiger partial charge >= 0.3 is 0 Å². The van der Waals surface area contributed by atoms with Gasteiger partial charge in [-0.15, -0.1) is 0 Å². The van der Waals surface area contributed by atoms with Crippen LogP contribution in [0.5, 0.6) is 5.75 Å². The Morgan fingerprint density at radius 3 is 2.87 bits per heavy atom. The van der Waals surface area contributed by atoms with Crippen LogP contribution in [0.2, 0.25) is 0 Å². The summed E-state index contributed by atoms with van der Waals surface area (Å²) in [5.74, 6) is 1.20. The maximum Gasteiger partial charge on any atom is 0.253 e. The third kappa shape index (κ3) is 4.90. The molecular weight excluding hydrogens is 390 g/mol. The van der Waals surface area contributed by atoms with Gasteiger partial charge in [-0.25, -0.2) is 0 Å². The summed E-state index contributed by atoms with van der Waals surface area (Å²) in [4.78, 5) is 30.6. The Kier molecular flexibility index (Phi) is 6.26. The molecule has 1 aromatic heterocycles. The lowest BCUT2D eigenvalue weighted by Crippen LogP contribution is -2.40. The number of nitrogens with one attached hydrogen (secondary N) is 2. The molecule has 2 heterocycles. The summed E-state index contributed by atoms with van der Waals surface area (Å²) in [6.45, 7) is 3.43. The van der Waals surface area contributed by atoms with Crippen molar-refractivity contribution in [3.63, 3.8) is 0 Å². The second kappa shape index (κ2) is 9.25. The Balaban J connectivity index is 1.31. The van der Waals surface area contributed by atoms with E-state index in [-0.39, 0.29) is 11.8 Å². The maximum absolute atomic E-state index is 13.0. The first-order chi connectivity index (χ1) is 15.0. The fourth-order valence-electron chi connectivity index (χ4n) is 4.30. The van der Waals surface area contributed by atoms with Gasteiger partial charge < -0.3 is 19.9 Å². The highest BCUT2D eigenvalue weighted by molar-refractivity contribution is 5.98. The fraction of sp³-hybridized carbons (Fsp3) is 0.360. The van der Waals surface area contributed by atoms with Crippen LogP contribution in [0.1, 0.15) is 41.6 Å². The lowest BCUT2D eigenvalue weighted by molar-refractivity contribution is -0.116. The van der Waals surface area contributed by atoms with Crippen LogP contribution in [0.25, 0.3) is 10.9 Å². The Morgan fingerprint density at radius 2 is 2.06 bits per heavy atom. The molecule has 6 heteroatoms. The topological polar surface area (TPSA) is 74.4 Å². The molecule has 4 rings (SSSR count). The third-order valence-electron chi connectivity index (χ3n) is 6.10. The molecule has 0 bridgehead atoms. The van der Waals surface area contributed by atoms with Gasteiger partial charge in [0.2, 0.25) is 5.91 Å². The summed E-state index contributed by atoms with van der Waals surface area (Å²) < 4.78 is 5.21. The normalized spacial score (nSPS) is 16.3. The Hall–Kier alpha value is -3.28. The van der Waals surface area contributed by atoms with E-state index in [4.69, 9.17) is 4.74 Å². The number of benzene rings is 2. The lowest BCUT2D eigenvalue weighted by atomic mass is 9.92. The Bertz CT molecular complexity index is 1090. The molecule has 6 nitrogen and oxygen atoms in total. The number of ether oxygens (including phenoxy) is 1. The second-order valence-corrected chi connectivity index (χ2v) is 8.31. The van der Waals surface area contributed by atoms with Crippen LogP contribution < -0.4 is 10.1 Å². The molecule has 1 aliphatic rings. The minimum Gasteiger partial charge on any atom is -0.497 e. The number of aromatic nitrogens is 1. The molecule has 0 unspecified atom stereocenters. The third-order valence-corrected chi connectivity index (χ3v) is 6.10. The molecule has 1 atom stereocenters. The van der Waals surface area contributed by atoms with Gasteiger partial charge in [-0.3, -0.25) is 9.59 Å². The molecule has 0 saturated carbocycles. The van der Waals surface area contributed by atoms with E-state index < -0.39 is 0 Å². The van der Waals surface area contributed by atoms with Crippen molar-refractivity contribution in [3.05, 3.63) is 59.8 Å². The van der Waals surface area contributed by atoms with Crippen molar-refractivity contribution in [2.75, 3.05) is 25.5 Å². The van der Waals surface area contributed by atoms with Crippen LogP contribution in [-0.2, 0) is 4.79 Å². The number of piperidine rings is 1. The SMILES string of the molecule is COc1ccc(NC(=O)CC[C@@H]2CCCN(C(=O)c3ccc4cc[nH]c4c3)C2)c(C)c1. The molecule has 2 N–H and O–H groups in total. The van der Waals surface area contributed by atoms with Crippen LogP contribution in [0.3, 0.4) is 0 Å². The smallest absolute Gasteiger partial charge is 0.253 e. The fourth-order valence-corrected chi connectivity index (χ4v) is 4.30. The number of aryl methyl sites for hydroxylation is 1. The molecule has 0 spiro atoms. The zero-order valence-electron chi connectivity index (χ0n) is 18.1. The summed E-state index contributed by atoms with van der Waals surface area (Å²) in [5, 5.41) is 4.10. The molecule has 1 saturated heterocycles. The summed E-state index contributed by atoms with van der Waals surface area (Å²) in [7, 11) is 1.63. The average Bonchev–Trinajstić information content (AvgIpc) is 3.26. The van der Waals surface area contributed by atoms with Crippen molar-refractivity contribution in [1.29, 1.82) is 0 Å². The van der Waals surface area contributed by atoms with Gasteiger partial charge in [0.05, 0.1) is 7.11 Å². The highest BCUT2D eigenvalue weighted by Crippen LogP contribution is 2.25. The molecule has 162 valence electrons. The van der Waals surface area contributed by atoms with E-state index in [0.717, 1.165) is 53.7 Å². The molecule has 1 fully saturated rings. The first-order valence-electron chi connectivity index (χ1n) is 10.8. The zero-order valence-corrected chi connectivity index (χ0v) is 18.1. The molecule has 0 aliphatic carbocycles. The highest BCUT2D eigenvalue weighted by atomic mass is 16.5. The van der Waals surface area contributed by atoms with E-state index in [1.165, 1.54) is 0 Å². The van der Waals surface area contributed by atoms with Crippen molar-refractivity contribution in [1.82, 2.24) is 9.88 Å². The number of aromatic amines is 1. The number of carbonyl (C=O) groups excluding carboxylic acids is 2. The van der Waals surface area contributed by atoms with Gasteiger partial charge in [-0.05, 0) is 79.5 Å². The molecule has 2 aromatic carbocycles. The number of H-pyrrole nitrogens is 1. The van der Waals surface area contributed by atoms with Crippen LogP contribution in [0.4, 0.5) is 5.69 Å². The largest absolute Gasteiger partial charge is 0.497 e. The van der Waals surface area contributed by atoms with Gasteiger partial charge in [0.1, 0.15) is 5.75 Å². The van der Waals surface area contributed by atoms with Gasteiger partial charge in [0, 0.05) is 42.5 Å². The Labute approximate surface area is 182 Å². The standard InChI is InChI=1S/C25H29N3O3/c1-17-14-21(31-2)8-9-22(17)27-24(29)10-5-18-4-3-13-28(16-18)25(30)20-7-6-19-11-12-26-23(19)15-20/h6-9,11-12,14-15,18,26H,3-5,10,13,16H2,1-2H3,(H,27,29)/t18-/m0/s1. The number of hydrogen-bond donors (Lipinski definition) is 2. The number of anilines is 1. The first kappa shape index (κ1) is 21.0. The van der Waals surface area contributed by atoms with Crippen molar-refractivity contribution >= 4 is 28.4 Å². The van der Waals surface area contributed by atoms with Crippen LogP contribution in [0.15, 0.2) is 48.7 Å². The van der Waals surface area contributed by atoms with Crippen LogP contribution in [-0.4, -0.2) is 41.9 Å². The number of carbonyl (C=O) groups is 2. The van der Waals surface area contributed by atoms with Crippen LogP contribution in [0, 0.1) is 12.8 Å². The summed E-state index contributed by atoms with van der Waals surface area (Å²) >= 11 is 0. The van der Waals surface area contributed by atoms with Crippen LogP contribution >= 0.6 is 0 Å². The second-order valence-electron chi connectivity index (χ2n) is 8.31. The number of nitrogens with zero attached hydrogens (tertiary/aromatic N) is 1. The number of fused-ring (bicyclic) bond motifs is 1. The van der Waals surface area contributed by atoms with E-state index in [1.807, 2.05) is 60.5 Å². The molecule has 3 aromatic rings. The van der Waals surface area contributed by atoms with Crippen molar-refractivity contribution in [2.45, 2.75) is 32.6 Å². The predicted molar refractivity (Wildman–Crippen MR) is 123 cm³/mol. The molecule has 1 aliphatic heterocycles. The van der Waals surface area contributed by atoms with Gasteiger partial charge in [0.25, 0.3) is 5.91 Å². The lowest BCUT2D eigenvalue weighted by Gasteiger charge is -2.33. The van der Waals surface area contributed by atoms with E-state index >= 15 is 0 Å². The Morgan fingerprint density at radius 1 is 1.19 bits per heavy atom. The molecular formula is C25H29N3O3. The molecule has 2 amide bonds. The number of rotatable bonds is 6. The summed E-state index contributed by atoms with van der Waals surface area (Å²) in [6, 6.07) is 13.4. The van der Waals surface area contributed by atoms with Gasteiger partial charge in [0.15, 0.2) is 0 Å². The van der Waals surface area contributed by atoms with Crippen molar-refractivity contribution in [3.8, 4) is 5.75 Å². The predicted octanol–water partition coefficient (Wildman–Crippen LogP) is 4.76. The number of amides is 2. The highest BCUT2D eigenvalue weighted by Gasteiger charge is 2.25. The average molecular weight is 420 g/mol. The zero-order chi connectivity index (χ0) is 21.8. The quantitative estimate of drug-likeness (QED) is 0.605. The van der Waals surface area contributed by atoms with E-state index in [0.29, 0.717) is 24.4 Å². The maximum atomic E-state index is 13.0. The minimum absolute atomic E-state index is 0.00825. The summed E-state index contributed by atoms with van der Waals surface area (Å²) in [6.07, 6.45) is 5.13.